The van der Waals surface area contributed by atoms with Gasteiger partial charge in [0.05, 0.1) is 5.51 Å². The van der Waals surface area contributed by atoms with Gasteiger partial charge in [0.2, 0.25) is 0 Å². The van der Waals surface area contributed by atoms with E-state index in [1.807, 2.05) is 11.7 Å². The normalized spacial score (nSPS) is 27.8. The van der Waals surface area contributed by atoms with Crippen molar-refractivity contribution in [1.29, 1.82) is 0 Å². The van der Waals surface area contributed by atoms with E-state index in [1.54, 1.807) is 11.3 Å². The largest absolute Gasteiger partial charge is 0.330 e. The third-order valence-corrected chi connectivity index (χ3v) is 4.12. The molecule has 0 aromatic carbocycles. The summed E-state index contributed by atoms with van der Waals surface area (Å²) in [4.78, 5) is 5.55. The fourth-order valence-electron chi connectivity index (χ4n) is 2.46. The summed E-state index contributed by atoms with van der Waals surface area (Å²) >= 11 is 1.78. The van der Waals surface area contributed by atoms with Crippen molar-refractivity contribution in [2.24, 2.45) is 17.6 Å². The quantitative estimate of drug-likeness (QED) is 0.832. The highest BCUT2D eigenvalue weighted by Crippen LogP contribution is 2.32. The zero-order valence-corrected chi connectivity index (χ0v) is 9.30. The van der Waals surface area contributed by atoms with Gasteiger partial charge in [-0.2, -0.15) is 0 Å². The molecule has 1 heterocycles. The molecule has 1 saturated carbocycles. The maximum absolute atomic E-state index is 5.81. The van der Waals surface area contributed by atoms with Crippen molar-refractivity contribution in [3.63, 3.8) is 0 Å². The van der Waals surface area contributed by atoms with Crippen molar-refractivity contribution in [1.82, 2.24) is 4.98 Å². The molecule has 2 N–H and O–H groups in total. The monoisotopic (exact) mass is 210 g/mol. The molecule has 3 heteroatoms. The van der Waals surface area contributed by atoms with Crippen LogP contribution in [0.25, 0.3) is 0 Å². The molecule has 1 aliphatic rings. The summed E-state index contributed by atoms with van der Waals surface area (Å²) in [6, 6.07) is 0. The second-order valence-corrected chi connectivity index (χ2v) is 5.18. The first-order valence-corrected chi connectivity index (χ1v) is 6.35. The third-order valence-electron chi connectivity index (χ3n) is 3.32. The highest BCUT2D eigenvalue weighted by Gasteiger charge is 2.24. The van der Waals surface area contributed by atoms with E-state index in [4.69, 9.17) is 5.73 Å². The van der Waals surface area contributed by atoms with Crippen LogP contribution in [0, 0.1) is 11.8 Å². The maximum atomic E-state index is 5.81. The average molecular weight is 210 g/mol. The van der Waals surface area contributed by atoms with Gasteiger partial charge in [-0.15, -0.1) is 11.3 Å². The van der Waals surface area contributed by atoms with E-state index in [0.29, 0.717) is 0 Å². The lowest BCUT2D eigenvalue weighted by molar-refractivity contribution is 0.243. The van der Waals surface area contributed by atoms with E-state index < -0.39 is 0 Å². The zero-order chi connectivity index (χ0) is 9.80. The first-order valence-electron chi connectivity index (χ1n) is 5.47. The molecule has 2 atom stereocenters. The molecule has 2 unspecified atom stereocenters. The minimum atomic E-state index is 0.755. The molecular weight excluding hydrogens is 192 g/mol. The Labute approximate surface area is 89.5 Å². The number of rotatable bonds is 3. The Kier molecular flexibility index (Phi) is 3.54. The number of aromatic nitrogens is 1. The smallest absolute Gasteiger partial charge is 0.0794 e. The van der Waals surface area contributed by atoms with Gasteiger partial charge in [-0.3, -0.25) is 4.98 Å². The summed E-state index contributed by atoms with van der Waals surface area (Å²) in [7, 11) is 0. The van der Waals surface area contributed by atoms with Gasteiger partial charge < -0.3 is 5.73 Å². The lowest BCUT2D eigenvalue weighted by Crippen LogP contribution is -2.27. The van der Waals surface area contributed by atoms with Crippen LogP contribution in [-0.2, 0) is 6.42 Å². The highest BCUT2D eigenvalue weighted by molar-refractivity contribution is 7.09. The van der Waals surface area contributed by atoms with E-state index in [0.717, 1.165) is 18.4 Å². The molecule has 1 aromatic rings. The van der Waals surface area contributed by atoms with Crippen LogP contribution in [0.4, 0.5) is 0 Å². The number of hydrogen-bond acceptors (Lipinski definition) is 3. The van der Waals surface area contributed by atoms with Gasteiger partial charge in [-0.1, -0.05) is 12.8 Å². The Balaban J connectivity index is 1.94. The van der Waals surface area contributed by atoms with Crippen LogP contribution in [-0.4, -0.2) is 11.5 Å². The predicted molar refractivity (Wildman–Crippen MR) is 60.3 cm³/mol. The average Bonchev–Trinajstić information content (AvgIpc) is 2.71. The van der Waals surface area contributed by atoms with Gasteiger partial charge in [0.15, 0.2) is 0 Å². The predicted octanol–water partition coefficient (Wildman–Crippen LogP) is 2.45. The van der Waals surface area contributed by atoms with Crippen LogP contribution in [0.5, 0.6) is 0 Å². The zero-order valence-electron chi connectivity index (χ0n) is 8.48. The highest BCUT2D eigenvalue weighted by atomic mass is 32.1. The van der Waals surface area contributed by atoms with Crippen molar-refractivity contribution in [3.8, 4) is 0 Å². The summed E-state index contributed by atoms with van der Waals surface area (Å²) in [6.07, 6.45) is 8.67. The molecule has 0 amide bonds. The van der Waals surface area contributed by atoms with Crippen molar-refractivity contribution in [2.45, 2.75) is 32.1 Å². The van der Waals surface area contributed by atoms with E-state index >= 15 is 0 Å². The molecular formula is C11H18N2S. The van der Waals surface area contributed by atoms with Crippen LogP contribution in [0.1, 0.15) is 30.6 Å². The molecule has 1 aromatic heterocycles. The lowest BCUT2D eigenvalue weighted by atomic mass is 9.77. The Hall–Kier alpha value is -0.410. The van der Waals surface area contributed by atoms with E-state index in [2.05, 4.69) is 4.98 Å². The molecule has 0 saturated heterocycles. The Morgan fingerprint density at radius 3 is 2.79 bits per heavy atom. The molecule has 2 rings (SSSR count). The van der Waals surface area contributed by atoms with Crippen LogP contribution in [0.3, 0.4) is 0 Å². The molecule has 78 valence electrons. The molecule has 14 heavy (non-hydrogen) atoms. The van der Waals surface area contributed by atoms with Crippen molar-refractivity contribution >= 4 is 11.3 Å². The summed E-state index contributed by atoms with van der Waals surface area (Å²) in [5.41, 5.74) is 7.74. The lowest BCUT2D eigenvalue weighted by Gasteiger charge is -2.30. The molecule has 2 nitrogen and oxygen atoms in total. The summed E-state index contributed by atoms with van der Waals surface area (Å²) < 4.78 is 0. The van der Waals surface area contributed by atoms with E-state index in [9.17, 15) is 0 Å². The minimum Gasteiger partial charge on any atom is -0.330 e. The number of nitrogens with two attached hydrogens (primary N) is 1. The summed E-state index contributed by atoms with van der Waals surface area (Å²) in [6.45, 7) is 0.865. The van der Waals surface area contributed by atoms with Crippen LogP contribution in [0.15, 0.2) is 11.7 Å². The number of thiazole rings is 1. The van der Waals surface area contributed by atoms with Gasteiger partial charge in [-0.25, -0.2) is 0 Å². The Morgan fingerprint density at radius 2 is 2.14 bits per heavy atom. The molecule has 0 aliphatic heterocycles. The van der Waals surface area contributed by atoms with Crippen molar-refractivity contribution in [3.05, 3.63) is 16.6 Å². The molecule has 0 radical (unpaired) electrons. The topological polar surface area (TPSA) is 38.9 Å². The van der Waals surface area contributed by atoms with Crippen molar-refractivity contribution in [2.75, 3.05) is 6.54 Å². The van der Waals surface area contributed by atoms with E-state index in [-0.39, 0.29) is 0 Å². The fourth-order valence-corrected chi connectivity index (χ4v) is 3.15. The third kappa shape index (κ3) is 2.34. The van der Waals surface area contributed by atoms with E-state index in [1.165, 1.54) is 37.0 Å². The molecule has 0 bridgehead atoms. The second kappa shape index (κ2) is 4.89. The number of nitrogens with zero attached hydrogens (tertiary/aromatic N) is 1. The molecule has 1 aliphatic carbocycles. The van der Waals surface area contributed by atoms with Gasteiger partial charge >= 0.3 is 0 Å². The van der Waals surface area contributed by atoms with Gasteiger partial charge in [-0.05, 0) is 37.6 Å². The maximum Gasteiger partial charge on any atom is 0.0794 e. The van der Waals surface area contributed by atoms with Gasteiger partial charge in [0.1, 0.15) is 0 Å². The number of hydrogen-bond donors (Lipinski definition) is 1. The van der Waals surface area contributed by atoms with Gasteiger partial charge in [0.25, 0.3) is 0 Å². The second-order valence-electron chi connectivity index (χ2n) is 4.21. The van der Waals surface area contributed by atoms with Gasteiger partial charge in [0, 0.05) is 11.1 Å². The Morgan fingerprint density at radius 1 is 1.36 bits per heavy atom. The van der Waals surface area contributed by atoms with Crippen molar-refractivity contribution < 1.29 is 0 Å². The molecule has 0 spiro atoms. The first-order chi connectivity index (χ1) is 6.90. The Bertz CT molecular complexity index is 258. The van der Waals surface area contributed by atoms with Crippen LogP contribution < -0.4 is 5.73 Å². The van der Waals surface area contributed by atoms with Crippen LogP contribution >= 0.6 is 11.3 Å². The van der Waals surface area contributed by atoms with Crippen LogP contribution in [0.2, 0.25) is 0 Å². The standard InChI is InChI=1S/C11H18N2S/c12-6-10-4-2-1-3-9(10)5-11-7-13-8-14-11/h7-10H,1-6,12H2. The fraction of sp³-hybridized carbons (Fsp3) is 0.727. The molecule has 1 fully saturated rings. The minimum absolute atomic E-state index is 0.755. The first kappa shape index (κ1) is 10.1. The summed E-state index contributed by atoms with van der Waals surface area (Å²) in [5.74, 6) is 1.57. The SMILES string of the molecule is NCC1CCCCC1Cc1cncs1. The summed E-state index contributed by atoms with van der Waals surface area (Å²) in [5, 5.41) is 0.